The summed E-state index contributed by atoms with van der Waals surface area (Å²) in [6.45, 7) is 4.07. The van der Waals surface area contributed by atoms with Crippen LogP contribution < -0.4 is 15.4 Å². The Morgan fingerprint density at radius 1 is 1.13 bits per heavy atom. The predicted molar refractivity (Wildman–Crippen MR) is 172 cm³/mol. The minimum atomic E-state index is -3.84. The lowest BCUT2D eigenvalue weighted by Crippen LogP contribution is -2.58. The summed E-state index contributed by atoms with van der Waals surface area (Å²) < 4.78 is 55.1. The zero-order valence-electron chi connectivity index (χ0n) is 25.5. The molecule has 0 aliphatic carbocycles. The highest BCUT2D eigenvalue weighted by molar-refractivity contribution is 7.89. The highest BCUT2D eigenvalue weighted by atomic mass is 35.5. The summed E-state index contributed by atoms with van der Waals surface area (Å²) >= 11 is 6.13. The number of anilines is 1. The molecular formula is C33H40ClFN4O5S. The van der Waals surface area contributed by atoms with Gasteiger partial charge in [-0.15, -0.1) is 0 Å². The number of ether oxygens (including phenoxy) is 2. The molecule has 3 heterocycles. The van der Waals surface area contributed by atoms with E-state index < -0.39 is 21.9 Å². The molecule has 2 saturated heterocycles. The first kappa shape index (κ1) is 33.3. The van der Waals surface area contributed by atoms with Gasteiger partial charge in [-0.1, -0.05) is 23.7 Å². The van der Waals surface area contributed by atoms with Crippen molar-refractivity contribution in [1.29, 1.82) is 0 Å². The first-order valence-electron chi connectivity index (χ1n) is 15.3. The summed E-state index contributed by atoms with van der Waals surface area (Å²) in [6, 6.07) is 13.1. The summed E-state index contributed by atoms with van der Waals surface area (Å²) in [6.07, 6.45) is 5.02. The van der Waals surface area contributed by atoms with Crippen molar-refractivity contribution in [3.8, 4) is 5.75 Å². The van der Waals surface area contributed by atoms with Gasteiger partial charge in [-0.25, -0.2) is 12.8 Å². The van der Waals surface area contributed by atoms with Crippen molar-refractivity contribution < 1.29 is 27.1 Å². The second kappa shape index (κ2) is 15.0. The molecule has 3 aromatic rings. The molecule has 1 aromatic heterocycles. The number of hydrogen-bond acceptors (Lipinski definition) is 7. The van der Waals surface area contributed by atoms with E-state index in [0.29, 0.717) is 54.7 Å². The third-order valence-electron chi connectivity index (χ3n) is 8.79. The van der Waals surface area contributed by atoms with Crippen molar-refractivity contribution in [2.24, 2.45) is 5.92 Å². The maximum Gasteiger partial charge on any atom is 0.243 e. The van der Waals surface area contributed by atoms with Crippen LogP contribution >= 0.6 is 11.6 Å². The summed E-state index contributed by atoms with van der Waals surface area (Å²) in [5, 5.41) is 6.85. The smallest absolute Gasteiger partial charge is 0.243 e. The fraction of sp³-hybridized carbons (Fsp3) is 0.455. The third kappa shape index (κ3) is 8.01. The van der Waals surface area contributed by atoms with Gasteiger partial charge in [-0.2, -0.15) is 4.31 Å². The van der Waals surface area contributed by atoms with E-state index >= 15 is 4.39 Å². The molecule has 242 valence electrons. The number of aromatic nitrogens is 1. The molecule has 45 heavy (non-hydrogen) atoms. The molecular weight excluding hydrogens is 619 g/mol. The van der Waals surface area contributed by atoms with Crippen LogP contribution in [0.1, 0.15) is 49.7 Å². The molecule has 2 aliphatic rings. The monoisotopic (exact) mass is 658 g/mol. The highest BCUT2D eigenvalue weighted by Gasteiger charge is 2.38. The van der Waals surface area contributed by atoms with Crippen LogP contribution in [0.5, 0.6) is 5.75 Å². The second-order valence-electron chi connectivity index (χ2n) is 11.7. The van der Waals surface area contributed by atoms with Crippen molar-refractivity contribution in [3.05, 3.63) is 82.9 Å². The molecule has 3 atom stereocenters. The molecule has 2 aromatic carbocycles. The predicted octanol–water partition coefficient (Wildman–Crippen LogP) is 5.41. The Hall–Kier alpha value is -3.09. The minimum absolute atomic E-state index is 0.0531. The van der Waals surface area contributed by atoms with E-state index in [2.05, 4.69) is 15.6 Å². The van der Waals surface area contributed by atoms with Crippen LogP contribution in [0.2, 0.25) is 5.02 Å². The zero-order valence-corrected chi connectivity index (χ0v) is 27.1. The van der Waals surface area contributed by atoms with Crippen molar-refractivity contribution >= 4 is 33.2 Å². The number of piperazine rings is 1. The molecule has 2 N–H and O–H groups in total. The van der Waals surface area contributed by atoms with Crippen molar-refractivity contribution in [2.45, 2.75) is 61.9 Å². The summed E-state index contributed by atoms with van der Waals surface area (Å²) in [7, 11) is -2.31. The van der Waals surface area contributed by atoms with Gasteiger partial charge in [0.15, 0.2) is 0 Å². The maximum atomic E-state index is 15.3. The van der Waals surface area contributed by atoms with Crippen LogP contribution in [0.4, 0.5) is 10.1 Å². The third-order valence-corrected chi connectivity index (χ3v) is 11.1. The molecule has 2 aliphatic heterocycles. The average molecular weight is 659 g/mol. The number of pyridine rings is 1. The largest absolute Gasteiger partial charge is 0.497 e. The Kier molecular flexibility index (Phi) is 11.1. The first-order chi connectivity index (χ1) is 21.7. The second-order valence-corrected chi connectivity index (χ2v) is 14.0. The fourth-order valence-corrected chi connectivity index (χ4v) is 8.42. The van der Waals surface area contributed by atoms with Gasteiger partial charge in [0.2, 0.25) is 15.9 Å². The van der Waals surface area contributed by atoms with Crippen LogP contribution in [0.25, 0.3) is 0 Å². The van der Waals surface area contributed by atoms with Gasteiger partial charge in [0, 0.05) is 55.4 Å². The number of benzene rings is 2. The number of carbonyl (C=O) groups excluding carboxylic acids is 1. The Balaban J connectivity index is 1.32. The van der Waals surface area contributed by atoms with Crippen LogP contribution in [0, 0.1) is 11.7 Å². The molecule has 1 amide bonds. The molecule has 5 rings (SSSR count). The molecule has 2 fully saturated rings. The number of hydrogen-bond donors (Lipinski definition) is 2. The SMILES string of the molecule is COc1ccc(S(=O)(=O)N2[C@@H](CCc3c(F)cncc3NC(=O)CC(c3ccc(Cl)cc3)C3CCOCC3)CNC[C@@H]2C)cc1. The van der Waals surface area contributed by atoms with Gasteiger partial charge in [0.05, 0.1) is 30.1 Å². The Bertz CT molecular complexity index is 1550. The van der Waals surface area contributed by atoms with Gasteiger partial charge in [-0.3, -0.25) is 9.78 Å². The van der Waals surface area contributed by atoms with E-state index in [0.717, 1.165) is 24.6 Å². The molecule has 0 radical (unpaired) electrons. The molecule has 1 unspecified atom stereocenters. The number of sulfonamides is 1. The average Bonchev–Trinajstić information content (AvgIpc) is 3.04. The lowest BCUT2D eigenvalue weighted by atomic mass is 9.79. The van der Waals surface area contributed by atoms with Gasteiger partial charge < -0.3 is 20.1 Å². The van der Waals surface area contributed by atoms with Gasteiger partial charge in [0.1, 0.15) is 11.6 Å². The highest BCUT2D eigenvalue weighted by Crippen LogP contribution is 2.36. The van der Waals surface area contributed by atoms with E-state index in [1.807, 2.05) is 31.2 Å². The first-order valence-corrected chi connectivity index (χ1v) is 17.1. The molecule has 0 bridgehead atoms. The molecule has 9 nitrogen and oxygen atoms in total. The Morgan fingerprint density at radius 2 is 1.84 bits per heavy atom. The number of halogens is 2. The molecule has 0 spiro atoms. The zero-order chi connectivity index (χ0) is 32.0. The van der Waals surface area contributed by atoms with Gasteiger partial charge >= 0.3 is 0 Å². The minimum Gasteiger partial charge on any atom is -0.497 e. The number of methoxy groups -OCH3 is 1. The van der Waals surface area contributed by atoms with Crippen molar-refractivity contribution in [1.82, 2.24) is 14.6 Å². The van der Waals surface area contributed by atoms with Crippen molar-refractivity contribution in [2.75, 3.05) is 38.7 Å². The Morgan fingerprint density at radius 3 is 2.53 bits per heavy atom. The lowest BCUT2D eigenvalue weighted by molar-refractivity contribution is -0.117. The summed E-state index contributed by atoms with van der Waals surface area (Å²) in [4.78, 5) is 17.7. The van der Waals surface area contributed by atoms with E-state index in [9.17, 15) is 13.2 Å². The number of rotatable bonds is 11. The van der Waals surface area contributed by atoms with Crippen molar-refractivity contribution in [3.63, 3.8) is 0 Å². The molecule has 0 saturated carbocycles. The normalized spacial score (nSPS) is 20.4. The van der Waals surface area contributed by atoms with Crippen LogP contribution in [-0.4, -0.2) is 69.1 Å². The topological polar surface area (TPSA) is 110 Å². The van der Waals surface area contributed by atoms with Gasteiger partial charge in [-0.05, 0) is 86.4 Å². The number of carbonyl (C=O) groups is 1. The Labute approximate surface area is 269 Å². The van der Waals surface area contributed by atoms with E-state index in [1.165, 1.54) is 29.7 Å². The standard InChI is InChI=1S/C33H40ClFN4O5S/c1-22-18-36-19-26(39(22)45(41,42)28-10-8-27(43-2)9-11-28)7-12-29-31(35)20-37-21-32(29)38-33(40)17-30(24-13-15-44-16-14-24)23-3-5-25(34)6-4-23/h3-6,8-11,20-22,24,26,30,36H,7,12-19H2,1-2H3,(H,38,40)/t22-,26-,30?/m0/s1. The summed E-state index contributed by atoms with van der Waals surface area (Å²) in [5.41, 5.74) is 1.62. The maximum absolute atomic E-state index is 15.3. The van der Waals surface area contributed by atoms with E-state index in [1.54, 1.807) is 12.1 Å². The quantitative estimate of drug-likeness (QED) is 0.284. The van der Waals surface area contributed by atoms with Gasteiger partial charge in [0.25, 0.3) is 0 Å². The number of nitrogens with zero attached hydrogens (tertiary/aromatic N) is 2. The summed E-state index contributed by atoms with van der Waals surface area (Å²) in [5.74, 6) is -0.0219. The lowest BCUT2D eigenvalue weighted by Gasteiger charge is -2.40. The number of amides is 1. The van der Waals surface area contributed by atoms with Crippen LogP contribution in [-0.2, 0) is 26.0 Å². The number of nitrogens with one attached hydrogen (secondary N) is 2. The van der Waals surface area contributed by atoms with E-state index in [-0.39, 0.29) is 41.5 Å². The van der Waals surface area contributed by atoms with E-state index in [4.69, 9.17) is 21.1 Å². The fourth-order valence-electron chi connectivity index (χ4n) is 6.45. The molecule has 12 heteroatoms. The van der Waals surface area contributed by atoms with Crippen LogP contribution in [0.15, 0.2) is 65.8 Å². The van der Waals surface area contributed by atoms with Crippen LogP contribution in [0.3, 0.4) is 0 Å².